The second-order valence-electron chi connectivity index (χ2n) is 3.80. The van der Waals surface area contributed by atoms with E-state index in [0.29, 0.717) is 12.1 Å². The first kappa shape index (κ1) is 13.7. The molecular formula is C12H17NO3S. The quantitative estimate of drug-likeness (QED) is 0.786. The zero-order valence-electron chi connectivity index (χ0n) is 10.1. The maximum Gasteiger partial charge on any atom is 0.159 e. The van der Waals surface area contributed by atoms with Crippen molar-refractivity contribution < 1.29 is 13.2 Å². The normalized spacial score (nSPS) is 11.2. The van der Waals surface area contributed by atoms with Crippen LogP contribution in [0.2, 0.25) is 0 Å². The van der Waals surface area contributed by atoms with E-state index < -0.39 is 9.84 Å². The molecule has 0 aliphatic rings. The first-order valence-corrected chi connectivity index (χ1v) is 7.32. The average molecular weight is 255 g/mol. The van der Waals surface area contributed by atoms with Gasteiger partial charge in [-0.1, -0.05) is 6.92 Å². The molecule has 0 bridgehead atoms. The molecule has 4 nitrogen and oxygen atoms in total. The SMILES string of the molecule is CCS(=O)(=O)CCNc1ccc(C(C)=O)cc1. The maximum atomic E-state index is 11.2. The van der Waals surface area contributed by atoms with Crippen LogP contribution >= 0.6 is 0 Å². The standard InChI is InChI=1S/C12H17NO3S/c1-3-17(15,16)9-8-13-12-6-4-11(5-7-12)10(2)14/h4-7,13H,3,8-9H2,1-2H3. The number of nitrogens with one attached hydrogen (secondary N) is 1. The van der Waals surface area contributed by atoms with Gasteiger partial charge in [-0.25, -0.2) is 8.42 Å². The fraction of sp³-hybridized carbons (Fsp3) is 0.417. The summed E-state index contributed by atoms with van der Waals surface area (Å²) in [6, 6.07) is 6.99. The van der Waals surface area contributed by atoms with Crippen LogP contribution in [0, 0.1) is 0 Å². The van der Waals surface area contributed by atoms with Crippen molar-refractivity contribution in [3.8, 4) is 0 Å². The number of rotatable bonds is 6. The molecule has 1 aromatic carbocycles. The van der Waals surface area contributed by atoms with E-state index in [2.05, 4.69) is 5.32 Å². The maximum absolute atomic E-state index is 11.2. The van der Waals surface area contributed by atoms with Crippen LogP contribution in [0.1, 0.15) is 24.2 Å². The average Bonchev–Trinajstić information content (AvgIpc) is 2.29. The zero-order valence-corrected chi connectivity index (χ0v) is 10.9. The molecule has 0 aromatic heterocycles. The van der Waals surface area contributed by atoms with Crippen molar-refractivity contribution in [1.29, 1.82) is 0 Å². The predicted octanol–water partition coefficient (Wildman–Crippen LogP) is 1.74. The second kappa shape index (κ2) is 5.82. The Balaban J connectivity index is 2.51. The zero-order chi connectivity index (χ0) is 12.9. The number of anilines is 1. The highest BCUT2D eigenvalue weighted by molar-refractivity contribution is 7.91. The topological polar surface area (TPSA) is 63.2 Å². The number of benzene rings is 1. The summed E-state index contributed by atoms with van der Waals surface area (Å²) in [5.41, 5.74) is 1.47. The number of sulfone groups is 1. The summed E-state index contributed by atoms with van der Waals surface area (Å²) in [6.45, 7) is 3.53. The lowest BCUT2D eigenvalue weighted by molar-refractivity contribution is 0.101. The van der Waals surface area contributed by atoms with Gasteiger partial charge in [0.1, 0.15) is 0 Å². The van der Waals surface area contributed by atoms with Crippen LogP contribution < -0.4 is 5.32 Å². The molecule has 5 heteroatoms. The molecule has 0 heterocycles. The minimum atomic E-state index is -2.93. The van der Waals surface area contributed by atoms with Crippen molar-refractivity contribution in [2.75, 3.05) is 23.4 Å². The first-order valence-electron chi connectivity index (χ1n) is 5.50. The Morgan fingerprint density at radius 2 is 1.82 bits per heavy atom. The summed E-state index contributed by atoms with van der Waals surface area (Å²) in [4.78, 5) is 11.0. The monoisotopic (exact) mass is 255 g/mol. The van der Waals surface area contributed by atoms with Crippen LogP contribution in [0.25, 0.3) is 0 Å². The van der Waals surface area contributed by atoms with Crippen LogP contribution in [0.15, 0.2) is 24.3 Å². The van der Waals surface area contributed by atoms with E-state index in [1.165, 1.54) is 6.92 Å². The molecule has 0 radical (unpaired) electrons. The van der Waals surface area contributed by atoms with Gasteiger partial charge in [0.25, 0.3) is 0 Å². The van der Waals surface area contributed by atoms with Gasteiger partial charge in [-0.3, -0.25) is 4.79 Å². The lowest BCUT2D eigenvalue weighted by Crippen LogP contribution is -2.17. The smallest absolute Gasteiger partial charge is 0.159 e. The number of Topliss-reactive ketones (excluding diaryl/α,β-unsaturated/α-hetero) is 1. The highest BCUT2D eigenvalue weighted by Gasteiger charge is 2.06. The van der Waals surface area contributed by atoms with Crippen LogP contribution in [0.5, 0.6) is 0 Å². The summed E-state index contributed by atoms with van der Waals surface area (Å²) in [7, 11) is -2.93. The molecule has 17 heavy (non-hydrogen) atoms. The van der Waals surface area contributed by atoms with E-state index in [1.807, 2.05) is 0 Å². The molecule has 0 fully saturated rings. The van der Waals surface area contributed by atoms with Gasteiger partial charge in [-0.15, -0.1) is 0 Å². The summed E-state index contributed by atoms with van der Waals surface area (Å²) >= 11 is 0. The summed E-state index contributed by atoms with van der Waals surface area (Å²) in [6.07, 6.45) is 0. The number of carbonyl (C=O) groups excluding carboxylic acids is 1. The Labute approximate surface area is 102 Å². The number of carbonyl (C=O) groups is 1. The van der Waals surface area contributed by atoms with Crippen molar-refractivity contribution >= 4 is 21.3 Å². The molecule has 94 valence electrons. The molecule has 1 N–H and O–H groups in total. The third-order valence-electron chi connectivity index (χ3n) is 2.47. The van der Waals surface area contributed by atoms with E-state index in [-0.39, 0.29) is 17.3 Å². The van der Waals surface area contributed by atoms with Crippen molar-refractivity contribution in [2.24, 2.45) is 0 Å². The van der Waals surface area contributed by atoms with Crippen LogP contribution in [-0.4, -0.2) is 32.3 Å². The van der Waals surface area contributed by atoms with Crippen LogP contribution in [0.4, 0.5) is 5.69 Å². The summed E-state index contributed by atoms with van der Waals surface area (Å²) < 4.78 is 22.5. The molecular weight excluding hydrogens is 238 g/mol. The number of hydrogen-bond acceptors (Lipinski definition) is 4. The molecule has 1 aromatic rings. The predicted molar refractivity (Wildman–Crippen MR) is 69.3 cm³/mol. The third kappa shape index (κ3) is 4.56. The van der Waals surface area contributed by atoms with Crippen LogP contribution in [0.3, 0.4) is 0 Å². The van der Waals surface area contributed by atoms with Crippen molar-refractivity contribution in [3.63, 3.8) is 0 Å². The minimum Gasteiger partial charge on any atom is -0.384 e. The Morgan fingerprint density at radius 1 is 1.24 bits per heavy atom. The summed E-state index contributed by atoms with van der Waals surface area (Å²) in [5, 5.41) is 3.01. The van der Waals surface area contributed by atoms with E-state index in [0.717, 1.165) is 5.69 Å². The Hall–Kier alpha value is -1.36. The second-order valence-corrected chi connectivity index (χ2v) is 6.27. The fourth-order valence-corrected chi connectivity index (χ4v) is 2.02. The molecule has 0 unspecified atom stereocenters. The van der Waals surface area contributed by atoms with E-state index in [1.54, 1.807) is 31.2 Å². The molecule has 1 rings (SSSR count). The fourth-order valence-electron chi connectivity index (χ4n) is 1.32. The third-order valence-corrected chi connectivity index (χ3v) is 4.18. The Bertz CT molecular complexity index is 477. The molecule has 0 aliphatic heterocycles. The molecule has 0 saturated carbocycles. The summed E-state index contributed by atoms with van der Waals surface area (Å²) in [5.74, 6) is 0.306. The van der Waals surface area contributed by atoms with Gasteiger partial charge in [0, 0.05) is 23.5 Å². The van der Waals surface area contributed by atoms with Gasteiger partial charge in [-0.05, 0) is 31.2 Å². The van der Waals surface area contributed by atoms with Crippen LogP contribution in [-0.2, 0) is 9.84 Å². The van der Waals surface area contributed by atoms with Gasteiger partial charge < -0.3 is 5.32 Å². The minimum absolute atomic E-state index is 0.0186. The van der Waals surface area contributed by atoms with E-state index in [9.17, 15) is 13.2 Å². The Kier molecular flexibility index (Phi) is 4.69. The van der Waals surface area contributed by atoms with Gasteiger partial charge in [0.15, 0.2) is 15.6 Å². The van der Waals surface area contributed by atoms with E-state index >= 15 is 0 Å². The van der Waals surface area contributed by atoms with Crippen molar-refractivity contribution in [2.45, 2.75) is 13.8 Å². The molecule has 0 atom stereocenters. The molecule has 0 saturated heterocycles. The highest BCUT2D eigenvalue weighted by Crippen LogP contribution is 2.09. The highest BCUT2D eigenvalue weighted by atomic mass is 32.2. The Morgan fingerprint density at radius 3 is 2.29 bits per heavy atom. The molecule has 0 amide bonds. The number of ketones is 1. The van der Waals surface area contributed by atoms with Gasteiger partial charge >= 0.3 is 0 Å². The van der Waals surface area contributed by atoms with E-state index in [4.69, 9.17) is 0 Å². The van der Waals surface area contributed by atoms with Gasteiger partial charge in [-0.2, -0.15) is 0 Å². The lowest BCUT2D eigenvalue weighted by atomic mass is 10.1. The largest absolute Gasteiger partial charge is 0.384 e. The van der Waals surface area contributed by atoms with Gasteiger partial charge in [0.2, 0.25) is 0 Å². The van der Waals surface area contributed by atoms with Crippen molar-refractivity contribution in [1.82, 2.24) is 0 Å². The lowest BCUT2D eigenvalue weighted by Gasteiger charge is -2.06. The first-order chi connectivity index (χ1) is 7.94. The van der Waals surface area contributed by atoms with Gasteiger partial charge in [0.05, 0.1) is 5.75 Å². The molecule has 0 spiro atoms. The number of hydrogen-bond donors (Lipinski definition) is 1. The molecule has 0 aliphatic carbocycles. The van der Waals surface area contributed by atoms with Crippen molar-refractivity contribution in [3.05, 3.63) is 29.8 Å².